The van der Waals surface area contributed by atoms with Gasteiger partial charge < -0.3 is 19.9 Å². The van der Waals surface area contributed by atoms with Crippen LogP contribution < -0.4 is 14.8 Å². The molecule has 0 aliphatic heterocycles. The maximum atomic E-state index is 12.2. The molecule has 0 aliphatic rings. The molecule has 9 heteroatoms. The molecule has 0 radical (unpaired) electrons. The second-order valence-corrected chi connectivity index (χ2v) is 4.47. The van der Waals surface area contributed by atoms with Gasteiger partial charge >= 0.3 is 12.1 Å². The monoisotopic (exact) mass is 346 g/mol. The van der Waals surface area contributed by atoms with Gasteiger partial charge in [0.25, 0.3) is 0 Å². The van der Waals surface area contributed by atoms with Gasteiger partial charge in [-0.25, -0.2) is 0 Å². The number of alkyl halides is 3. The number of nitrogens with zero attached hydrogens (tertiary/aromatic N) is 1. The molecule has 1 aromatic rings. The van der Waals surface area contributed by atoms with E-state index in [2.05, 4.69) is 11.6 Å². The first-order chi connectivity index (χ1) is 11.3. The summed E-state index contributed by atoms with van der Waals surface area (Å²) in [4.78, 5) is 14.7. The molecule has 0 bridgehead atoms. The summed E-state index contributed by atoms with van der Waals surface area (Å²) in [5.41, 5.74) is 0.225. The number of aliphatic hydroxyl groups is 1. The zero-order valence-corrected chi connectivity index (χ0v) is 12.8. The van der Waals surface area contributed by atoms with Crippen LogP contribution in [0.2, 0.25) is 0 Å². The van der Waals surface area contributed by atoms with E-state index in [1.54, 1.807) is 17.5 Å². The van der Waals surface area contributed by atoms with Gasteiger partial charge in [-0.15, -0.1) is 0 Å². The predicted molar refractivity (Wildman–Crippen MR) is 79.3 cm³/mol. The minimum atomic E-state index is -4.97. The second kappa shape index (κ2) is 8.92. The summed E-state index contributed by atoms with van der Waals surface area (Å²) in [6, 6.07) is 2.72. The van der Waals surface area contributed by atoms with Crippen LogP contribution in [0.3, 0.4) is 0 Å². The SMILES string of the molecule is C=C/C=C\CC(O)Oc1ccc(CNC(=O)C(F)(F)F)c(OC)n1. The summed E-state index contributed by atoms with van der Waals surface area (Å²) >= 11 is 0. The number of hydrogen-bond acceptors (Lipinski definition) is 5. The Bertz CT molecular complexity index is 603. The van der Waals surface area contributed by atoms with Crippen molar-refractivity contribution in [2.24, 2.45) is 0 Å². The molecule has 6 nitrogen and oxygen atoms in total. The van der Waals surface area contributed by atoms with Gasteiger partial charge in [-0.3, -0.25) is 4.79 Å². The lowest BCUT2D eigenvalue weighted by Gasteiger charge is -2.14. The van der Waals surface area contributed by atoms with Crippen LogP contribution in [-0.2, 0) is 11.3 Å². The number of pyridine rings is 1. The van der Waals surface area contributed by atoms with Gasteiger partial charge in [0, 0.05) is 24.6 Å². The Morgan fingerprint density at radius 3 is 2.79 bits per heavy atom. The van der Waals surface area contributed by atoms with Gasteiger partial charge in [-0.05, 0) is 6.07 Å². The van der Waals surface area contributed by atoms with Crippen LogP contribution >= 0.6 is 0 Å². The maximum Gasteiger partial charge on any atom is 0.471 e. The van der Waals surface area contributed by atoms with E-state index in [9.17, 15) is 23.1 Å². The highest BCUT2D eigenvalue weighted by atomic mass is 19.4. The Morgan fingerprint density at radius 1 is 1.50 bits per heavy atom. The van der Waals surface area contributed by atoms with Crippen molar-refractivity contribution >= 4 is 5.91 Å². The van der Waals surface area contributed by atoms with E-state index in [0.29, 0.717) is 0 Å². The molecule has 0 aromatic carbocycles. The van der Waals surface area contributed by atoms with Crippen molar-refractivity contribution in [1.29, 1.82) is 0 Å². The number of aromatic nitrogens is 1. The number of amides is 1. The first kappa shape index (κ1) is 19.5. The second-order valence-electron chi connectivity index (χ2n) is 4.47. The van der Waals surface area contributed by atoms with E-state index in [0.717, 1.165) is 0 Å². The van der Waals surface area contributed by atoms with Crippen LogP contribution in [0.25, 0.3) is 0 Å². The Hall–Kier alpha value is -2.55. The minimum Gasteiger partial charge on any atom is -0.481 e. The molecule has 1 amide bonds. The smallest absolute Gasteiger partial charge is 0.471 e. The molecule has 1 heterocycles. The zero-order chi connectivity index (χ0) is 18.2. The molecule has 2 N–H and O–H groups in total. The third kappa shape index (κ3) is 6.29. The number of carbonyl (C=O) groups is 1. The highest BCUT2D eigenvalue weighted by Crippen LogP contribution is 2.21. The van der Waals surface area contributed by atoms with Crippen LogP contribution in [0, 0.1) is 0 Å². The quantitative estimate of drug-likeness (QED) is 0.557. The number of methoxy groups -OCH3 is 1. The fraction of sp³-hybridized carbons (Fsp3) is 0.333. The molecular weight excluding hydrogens is 329 g/mol. The standard InChI is InChI=1S/C15H17F3N2O4/c1-3-4-5-6-12(21)24-11-8-7-10(13(20-11)23-2)9-19-14(22)15(16,17)18/h3-5,7-8,12,21H,1,6,9H2,2H3,(H,19,22)/b5-4-. The van der Waals surface area contributed by atoms with Gasteiger partial charge in [0.05, 0.1) is 7.11 Å². The van der Waals surface area contributed by atoms with Crippen molar-refractivity contribution in [2.45, 2.75) is 25.4 Å². The molecule has 132 valence electrons. The van der Waals surface area contributed by atoms with Crippen molar-refractivity contribution in [3.63, 3.8) is 0 Å². The van der Waals surface area contributed by atoms with Crippen LogP contribution in [-0.4, -0.2) is 35.6 Å². The topological polar surface area (TPSA) is 80.7 Å². The number of hydrogen-bond donors (Lipinski definition) is 2. The number of rotatable bonds is 8. The third-order valence-electron chi connectivity index (χ3n) is 2.67. The third-order valence-corrected chi connectivity index (χ3v) is 2.67. The number of ether oxygens (including phenoxy) is 2. The Balaban J connectivity index is 2.72. The maximum absolute atomic E-state index is 12.2. The van der Waals surface area contributed by atoms with E-state index in [4.69, 9.17) is 9.47 Å². The molecule has 0 saturated heterocycles. The zero-order valence-electron chi connectivity index (χ0n) is 12.8. The number of halogens is 3. The largest absolute Gasteiger partial charge is 0.481 e. The van der Waals surface area contributed by atoms with Crippen molar-refractivity contribution < 1.29 is 32.5 Å². The summed E-state index contributed by atoms with van der Waals surface area (Å²) in [6.45, 7) is 3.06. The van der Waals surface area contributed by atoms with E-state index in [1.165, 1.54) is 25.3 Å². The Kier molecular flexibility index (Phi) is 7.25. The first-order valence-electron chi connectivity index (χ1n) is 6.79. The molecular formula is C15H17F3N2O4. The Morgan fingerprint density at radius 2 is 2.21 bits per heavy atom. The summed E-state index contributed by atoms with van der Waals surface area (Å²) in [5, 5.41) is 11.4. The van der Waals surface area contributed by atoms with Gasteiger partial charge in [0.1, 0.15) is 0 Å². The fourth-order valence-electron chi connectivity index (χ4n) is 1.58. The molecule has 1 aromatic heterocycles. The van der Waals surface area contributed by atoms with Gasteiger partial charge in [0.2, 0.25) is 18.1 Å². The average Bonchev–Trinajstić information content (AvgIpc) is 2.52. The summed E-state index contributed by atoms with van der Waals surface area (Å²) < 4.78 is 46.6. The van der Waals surface area contributed by atoms with Crippen molar-refractivity contribution in [3.8, 4) is 11.8 Å². The van der Waals surface area contributed by atoms with Crippen molar-refractivity contribution in [3.05, 3.63) is 42.5 Å². The van der Waals surface area contributed by atoms with Crippen molar-refractivity contribution in [2.75, 3.05) is 7.11 Å². The predicted octanol–water partition coefficient (Wildman–Crippen LogP) is 2.10. The highest BCUT2D eigenvalue weighted by Gasteiger charge is 2.38. The molecule has 1 atom stereocenters. The fourth-order valence-corrected chi connectivity index (χ4v) is 1.58. The lowest BCUT2D eigenvalue weighted by Crippen LogP contribution is -2.36. The van der Waals surface area contributed by atoms with E-state index in [1.807, 2.05) is 0 Å². The van der Waals surface area contributed by atoms with Gasteiger partial charge in [-0.2, -0.15) is 18.2 Å². The average molecular weight is 346 g/mol. The lowest BCUT2D eigenvalue weighted by molar-refractivity contribution is -0.173. The molecule has 1 unspecified atom stereocenters. The number of aliphatic hydroxyl groups excluding tert-OH is 1. The molecule has 0 aliphatic carbocycles. The highest BCUT2D eigenvalue weighted by molar-refractivity contribution is 5.81. The van der Waals surface area contributed by atoms with E-state index in [-0.39, 0.29) is 23.7 Å². The summed E-state index contributed by atoms with van der Waals surface area (Å²) in [6.07, 6.45) is -1.12. The summed E-state index contributed by atoms with van der Waals surface area (Å²) in [5.74, 6) is -2.06. The van der Waals surface area contributed by atoms with Crippen LogP contribution in [0.5, 0.6) is 11.8 Å². The molecule has 0 fully saturated rings. The summed E-state index contributed by atoms with van der Waals surface area (Å²) in [7, 11) is 1.27. The lowest BCUT2D eigenvalue weighted by atomic mass is 10.2. The number of allylic oxidation sites excluding steroid dienone is 2. The Labute approximate surface area is 136 Å². The normalized spacial score (nSPS) is 12.7. The van der Waals surface area contributed by atoms with E-state index >= 15 is 0 Å². The number of carbonyl (C=O) groups excluding carboxylic acids is 1. The number of nitrogens with one attached hydrogen (secondary N) is 1. The molecule has 24 heavy (non-hydrogen) atoms. The van der Waals surface area contributed by atoms with Crippen LogP contribution in [0.15, 0.2) is 36.9 Å². The van der Waals surface area contributed by atoms with E-state index < -0.39 is 24.9 Å². The first-order valence-corrected chi connectivity index (χ1v) is 6.79. The molecule has 0 spiro atoms. The minimum absolute atomic E-state index is 0.0243. The molecule has 0 saturated carbocycles. The van der Waals surface area contributed by atoms with Crippen LogP contribution in [0.1, 0.15) is 12.0 Å². The van der Waals surface area contributed by atoms with Crippen molar-refractivity contribution in [1.82, 2.24) is 10.3 Å². The van der Waals surface area contributed by atoms with Gasteiger partial charge in [0.15, 0.2) is 0 Å². The molecule has 1 rings (SSSR count). The van der Waals surface area contributed by atoms with Gasteiger partial charge in [-0.1, -0.05) is 24.8 Å². The van der Waals surface area contributed by atoms with Crippen LogP contribution in [0.4, 0.5) is 13.2 Å².